The molecule has 0 unspecified atom stereocenters. The molecule has 2 heterocycles. The predicted octanol–water partition coefficient (Wildman–Crippen LogP) is 0.626. The van der Waals surface area contributed by atoms with Crippen LogP contribution in [0.1, 0.15) is 11.3 Å². The maximum atomic E-state index is 12.0. The van der Waals surface area contributed by atoms with E-state index in [9.17, 15) is 4.79 Å². The molecule has 0 spiro atoms. The summed E-state index contributed by atoms with van der Waals surface area (Å²) in [7, 11) is 1.88. The summed E-state index contributed by atoms with van der Waals surface area (Å²) >= 11 is 0. The van der Waals surface area contributed by atoms with E-state index in [0.717, 1.165) is 30.0 Å². The van der Waals surface area contributed by atoms with Crippen molar-refractivity contribution in [1.82, 2.24) is 20.1 Å². The molecule has 2 aromatic rings. The molecule has 2 aromatic heterocycles. The third kappa shape index (κ3) is 3.64. The molecule has 20 heavy (non-hydrogen) atoms. The van der Waals surface area contributed by atoms with Gasteiger partial charge in [-0.3, -0.25) is 9.78 Å². The van der Waals surface area contributed by atoms with Crippen LogP contribution in [0.2, 0.25) is 0 Å². The van der Waals surface area contributed by atoms with Crippen LogP contribution in [-0.2, 0) is 6.54 Å². The molecule has 0 bridgehead atoms. The van der Waals surface area contributed by atoms with E-state index in [2.05, 4.69) is 20.7 Å². The third-order valence-corrected chi connectivity index (χ3v) is 2.99. The first-order chi connectivity index (χ1) is 9.70. The normalized spacial score (nSPS) is 10.5. The van der Waals surface area contributed by atoms with Crippen molar-refractivity contribution in [2.45, 2.75) is 13.5 Å². The van der Waals surface area contributed by atoms with E-state index in [1.165, 1.54) is 4.68 Å². The first-order valence-electron chi connectivity index (χ1n) is 6.57. The highest BCUT2D eigenvalue weighted by Gasteiger charge is 2.04. The van der Waals surface area contributed by atoms with Gasteiger partial charge in [-0.05, 0) is 25.6 Å². The fourth-order valence-electron chi connectivity index (χ4n) is 1.81. The van der Waals surface area contributed by atoms with E-state index in [0.29, 0.717) is 6.54 Å². The van der Waals surface area contributed by atoms with Crippen LogP contribution in [0.25, 0.3) is 0 Å². The van der Waals surface area contributed by atoms with Crippen LogP contribution in [0.3, 0.4) is 0 Å². The molecule has 6 nitrogen and oxygen atoms in total. The summed E-state index contributed by atoms with van der Waals surface area (Å²) in [5.41, 5.74) is 2.51. The van der Waals surface area contributed by atoms with Crippen LogP contribution in [0.5, 0.6) is 0 Å². The van der Waals surface area contributed by atoms with Gasteiger partial charge in [0, 0.05) is 25.4 Å². The van der Waals surface area contributed by atoms with E-state index in [1.54, 1.807) is 18.5 Å². The van der Waals surface area contributed by atoms with Crippen molar-refractivity contribution in [2.75, 3.05) is 25.5 Å². The number of aromatic nitrogens is 3. The molecule has 0 atom stereocenters. The van der Waals surface area contributed by atoms with Gasteiger partial charge in [-0.2, -0.15) is 5.10 Å². The summed E-state index contributed by atoms with van der Waals surface area (Å²) in [6, 6.07) is 5.41. The highest BCUT2D eigenvalue weighted by molar-refractivity contribution is 5.38. The van der Waals surface area contributed by atoms with Gasteiger partial charge >= 0.3 is 0 Å². The SMILES string of the molecule is CNCCNc1cnn(Cc2ncccc2C)c(=O)c1. The van der Waals surface area contributed by atoms with Crippen LogP contribution in [-0.4, -0.2) is 34.9 Å². The molecule has 0 aromatic carbocycles. The van der Waals surface area contributed by atoms with Crippen molar-refractivity contribution in [1.29, 1.82) is 0 Å². The lowest BCUT2D eigenvalue weighted by Crippen LogP contribution is -2.25. The summed E-state index contributed by atoms with van der Waals surface area (Å²) < 4.78 is 1.42. The lowest BCUT2D eigenvalue weighted by Gasteiger charge is -2.08. The van der Waals surface area contributed by atoms with Crippen LogP contribution in [0, 0.1) is 6.92 Å². The van der Waals surface area contributed by atoms with Crippen molar-refractivity contribution >= 4 is 5.69 Å². The number of nitrogens with one attached hydrogen (secondary N) is 2. The second-order valence-corrected chi connectivity index (χ2v) is 4.54. The van der Waals surface area contributed by atoms with Gasteiger partial charge in [0.1, 0.15) is 0 Å². The maximum absolute atomic E-state index is 12.0. The van der Waals surface area contributed by atoms with Gasteiger partial charge in [0.15, 0.2) is 0 Å². The number of rotatable bonds is 6. The molecule has 0 saturated carbocycles. The van der Waals surface area contributed by atoms with Crippen LogP contribution >= 0.6 is 0 Å². The Bertz CT molecular complexity index is 623. The largest absolute Gasteiger partial charge is 0.382 e. The number of hydrogen-bond acceptors (Lipinski definition) is 5. The lowest BCUT2D eigenvalue weighted by atomic mass is 10.2. The standard InChI is InChI=1S/C14H19N5O/c1-11-4-3-5-17-13(11)10-19-14(20)8-12(9-18-19)16-7-6-15-2/h3-5,8-9,15-16H,6-7,10H2,1-2H3. The molecule has 0 aliphatic carbocycles. The van der Waals surface area contributed by atoms with Crippen molar-refractivity contribution in [3.63, 3.8) is 0 Å². The summed E-state index contributed by atoms with van der Waals surface area (Å²) in [6.07, 6.45) is 3.39. The van der Waals surface area contributed by atoms with Gasteiger partial charge in [0.25, 0.3) is 5.56 Å². The number of aryl methyl sites for hydroxylation is 1. The second-order valence-electron chi connectivity index (χ2n) is 4.54. The molecule has 106 valence electrons. The Hall–Kier alpha value is -2.21. The van der Waals surface area contributed by atoms with Gasteiger partial charge in [0.05, 0.1) is 24.1 Å². The average molecular weight is 273 g/mol. The number of anilines is 1. The van der Waals surface area contributed by atoms with Crippen LogP contribution in [0.4, 0.5) is 5.69 Å². The molecular formula is C14H19N5O. The van der Waals surface area contributed by atoms with E-state index in [-0.39, 0.29) is 5.56 Å². The molecule has 0 aliphatic rings. The molecular weight excluding hydrogens is 254 g/mol. The molecule has 0 fully saturated rings. The minimum Gasteiger partial charge on any atom is -0.382 e. The highest BCUT2D eigenvalue weighted by atomic mass is 16.1. The van der Waals surface area contributed by atoms with E-state index in [4.69, 9.17) is 0 Å². The van der Waals surface area contributed by atoms with Crippen molar-refractivity contribution in [3.05, 3.63) is 52.2 Å². The van der Waals surface area contributed by atoms with E-state index in [1.807, 2.05) is 26.1 Å². The van der Waals surface area contributed by atoms with Gasteiger partial charge in [0.2, 0.25) is 0 Å². The molecule has 0 amide bonds. The van der Waals surface area contributed by atoms with Gasteiger partial charge < -0.3 is 10.6 Å². The second kappa shape index (κ2) is 6.81. The zero-order chi connectivity index (χ0) is 14.4. The van der Waals surface area contributed by atoms with Crippen molar-refractivity contribution < 1.29 is 0 Å². The minimum absolute atomic E-state index is 0.135. The smallest absolute Gasteiger partial charge is 0.269 e. The lowest BCUT2D eigenvalue weighted by molar-refractivity contribution is 0.625. The Morgan fingerprint density at radius 2 is 2.20 bits per heavy atom. The first-order valence-corrected chi connectivity index (χ1v) is 6.57. The third-order valence-electron chi connectivity index (χ3n) is 2.99. The Morgan fingerprint density at radius 3 is 2.90 bits per heavy atom. The maximum Gasteiger partial charge on any atom is 0.269 e. The molecule has 6 heteroatoms. The fraction of sp³-hybridized carbons (Fsp3) is 0.357. The van der Waals surface area contributed by atoms with Gasteiger partial charge in [-0.1, -0.05) is 6.07 Å². The Morgan fingerprint density at radius 1 is 1.35 bits per heavy atom. The van der Waals surface area contributed by atoms with Gasteiger partial charge in [-0.25, -0.2) is 4.68 Å². The average Bonchev–Trinajstić information content (AvgIpc) is 2.44. The molecule has 0 radical (unpaired) electrons. The Labute approximate surface area is 117 Å². The fourth-order valence-corrected chi connectivity index (χ4v) is 1.81. The quantitative estimate of drug-likeness (QED) is 0.755. The summed E-state index contributed by atoms with van der Waals surface area (Å²) in [6.45, 7) is 3.94. The first kappa shape index (κ1) is 14.2. The van der Waals surface area contributed by atoms with E-state index >= 15 is 0 Å². The molecule has 2 N–H and O–H groups in total. The number of pyridine rings is 1. The molecule has 2 rings (SSSR count). The number of hydrogen-bond donors (Lipinski definition) is 2. The summed E-state index contributed by atoms with van der Waals surface area (Å²) in [5, 5.41) is 10.3. The Balaban J connectivity index is 2.10. The van der Waals surface area contributed by atoms with Gasteiger partial charge in [-0.15, -0.1) is 0 Å². The molecule has 0 aliphatic heterocycles. The van der Waals surface area contributed by atoms with Crippen molar-refractivity contribution in [2.24, 2.45) is 0 Å². The Kier molecular flexibility index (Phi) is 4.84. The zero-order valence-corrected chi connectivity index (χ0v) is 11.8. The minimum atomic E-state index is -0.135. The summed E-state index contributed by atoms with van der Waals surface area (Å²) in [5.74, 6) is 0. The number of likely N-dealkylation sites (N-methyl/N-ethyl adjacent to an activating group) is 1. The van der Waals surface area contributed by atoms with Crippen LogP contribution in [0.15, 0.2) is 35.4 Å². The van der Waals surface area contributed by atoms with Crippen LogP contribution < -0.4 is 16.2 Å². The highest BCUT2D eigenvalue weighted by Crippen LogP contribution is 2.04. The number of nitrogens with zero attached hydrogens (tertiary/aromatic N) is 3. The van der Waals surface area contributed by atoms with Crippen molar-refractivity contribution in [3.8, 4) is 0 Å². The summed E-state index contributed by atoms with van der Waals surface area (Å²) in [4.78, 5) is 16.3. The topological polar surface area (TPSA) is 71.8 Å². The zero-order valence-electron chi connectivity index (χ0n) is 11.8. The van der Waals surface area contributed by atoms with E-state index < -0.39 is 0 Å². The monoisotopic (exact) mass is 273 g/mol. The predicted molar refractivity (Wildman–Crippen MR) is 79.0 cm³/mol. The molecule has 0 saturated heterocycles.